The van der Waals surface area contributed by atoms with Crippen LogP contribution in [0.4, 0.5) is 5.69 Å². The van der Waals surface area contributed by atoms with Crippen molar-refractivity contribution in [2.75, 3.05) is 0 Å². The maximum atomic E-state index is 12.0. The van der Waals surface area contributed by atoms with Gasteiger partial charge in [0.2, 0.25) is 0 Å². The lowest BCUT2D eigenvalue weighted by Crippen LogP contribution is -2.15. The van der Waals surface area contributed by atoms with E-state index < -0.39 is 10.9 Å². The predicted molar refractivity (Wildman–Crippen MR) is 90.1 cm³/mol. The van der Waals surface area contributed by atoms with E-state index in [0.717, 1.165) is 5.56 Å². The number of nitrogens with zero attached hydrogens (tertiary/aromatic N) is 4. The van der Waals surface area contributed by atoms with Crippen LogP contribution in [0.3, 0.4) is 0 Å². The van der Waals surface area contributed by atoms with E-state index in [4.69, 9.17) is 9.26 Å². The van der Waals surface area contributed by atoms with Crippen molar-refractivity contribution in [3.05, 3.63) is 63.6 Å². The minimum Gasteiger partial charge on any atom is -0.458 e. The Morgan fingerprint density at radius 2 is 2.04 bits per heavy atom. The number of hydrogen-bond donors (Lipinski definition) is 0. The summed E-state index contributed by atoms with van der Waals surface area (Å²) in [5.41, 5.74) is 1.80. The van der Waals surface area contributed by atoms with E-state index in [1.54, 1.807) is 6.07 Å². The molecule has 0 bridgehead atoms. The molecular weight excluding hydrogens is 340 g/mol. The van der Waals surface area contributed by atoms with Gasteiger partial charge < -0.3 is 9.26 Å². The number of rotatable bonds is 6. The number of esters is 1. The van der Waals surface area contributed by atoms with Crippen LogP contribution in [0.1, 0.15) is 17.1 Å². The van der Waals surface area contributed by atoms with Crippen LogP contribution in [-0.4, -0.2) is 25.8 Å². The van der Waals surface area contributed by atoms with Crippen LogP contribution < -0.4 is 0 Å². The molecule has 2 heterocycles. The molecule has 0 saturated heterocycles. The Hall–Kier alpha value is -3.49. The highest BCUT2D eigenvalue weighted by molar-refractivity contribution is 5.69. The fourth-order valence-corrected chi connectivity index (χ4v) is 2.55. The second-order valence-electron chi connectivity index (χ2n) is 5.64. The fraction of sp³-hybridized carbons (Fsp3) is 0.235. The molecule has 9 nitrogen and oxygen atoms in total. The number of benzene rings is 1. The summed E-state index contributed by atoms with van der Waals surface area (Å²) in [5.74, 6) is 0.000535. The number of hydrogen-bond acceptors (Lipinski definition) is 7. The average molecular weight is 356 g/mol. The number of aromatic nitrogens is 3. The van der Waals surface area contributed by atoms with Crippen molar-refractivity contribution in [1.82, 2.24) is 14.9 Å². The first-order chi connectivity index (χ1) is 12.5. The third-order valence-corrected chi connectivity index (χ3v) is 3.80. The lowest BCUT2D eigenvalue weighted by Gasteiger charge is -2.04. The highest BCUT2D eigenvalue weighted by Gasteiger charge is 2.23. The zero-order valence-electron chi connectivity index (χ0n) is 14.2. The standard InChI is InChI=1S/C17H16N4O5/c1-11-17(21(23)24)12(2)20(18-11)9-16(22)25-10-14-8-15(26-19-14)13-6-4-3-5-7-13/h3-8H,9-10H2,1-2H3. The van der Waals surface area contributed by atoms with Crippen LogP contribution in [0.15, 0.2) is 40.9 Å². The summed E-state index contributed by atoms with van der Waals surface area (Å²) in [6.07, 6.45) is 0. The summed E-state index contributed by atoms with van der Waals surface area (Å²) >= 11 is 0. The van der Waals surface area contributed by atoms with E-state index >= 15 is 0 Å². The molecule has 2 aromatic heterocycles. The number of carbonyl (C=O) groups is 1. The molecule has 0 amide bonds. The molecule has 26 heavy (non-hydrogen) atoms. The molecule has 3 rings (SSSR count). The van der Waals surface area contributed by atoms with Crippen molar-refractivity contribution in [3.8, 4) is 11.3 Å². The van der Waals surface area contributed by atoms with Crippen LogP contribution in [0, 0.1) is 24.0 Å². The summed E-state index contributed by atoms with van der Waals surface area (Å²) in [4.78, 5) is 22.5. The molecule has 0 saturated carbocycles. The zero-order valence-corrected chi connectivity index (χ0v) is 14.2. The Labute approximate surface area is 148 Å². The van der Waals surface area contributed by atoms with Gasteiger partial charge in [0.15, 0.2) is 5.76 Å². The van der Waals surface area contributed by atoms with Crippen LogP contribution in [0.2, 0.25) is 0 Å². The average Bonchev–Trinajstić information content (AvgIpc) is 3.19. The molecule has 0 spiro atoms. The Morgan fingerprint density at radius 1 is 1.31 bits per heavy atom. The van der Waals surface area contributed by atoms with Gasteiger partial charge in [0.25, 0.3) is 0 Å². The zero-order chi connectivity index (χ0) is 18.7. The maximum absolute atomic E-state index is 12.0. The van der Waals surface area contributed by atoms with Gasteiger partial charge >= 0.3 is 11.7 Å². The summed E-state index contributed by atoms with van der Waals surface area (Å²) < 4.78 is 11.6. The second-order valence-corrected chi connectivity index (χ2v) is 5.64. The second kappa shape index (κ2) is 7.18. The maximum Gasteiger partial charge on any atom is 0.328 e. The lowest BCUT2D eigenvalue weighted by molar-refractivity contribution is -0.386. The highest BCUT2D eigenvalue weighted by Crippen LogP contribution is 2.22. The van der Waals surface area contributed by atoms with Gasteiger partial charge in [-0.05, 0) is 13.8 Å². The molecule has 0 aliphatic heterocycles. The van der Waals surface area contributed by atoms with Crippen LogP contribution in [0.25, 0.3) is 11.3 Å². The van der Waals surface area contributed by atoms with E-state index in [1.807, 2.05) is 30.3 Å². The smallest absolute Gasteiger partial charge is 0.328 e. The summed E-state index contributed by atoms with van der Waals surface area (Å²) in [6.45, 7) is 2.78. The molecule has 0 N–H and O–H groups in total. The molecular formula is C17H16N4O5. The molecule has 0 unspecified atom stereocenters. The third kappa shape index (κ3) is 3.61. The molecule has 0 atom stereocenters. The molecule has 0 aliphatic carbocycles. The molecule has 0 radical (unpaired) electrons. The van der Waals surface area contributed by atoms with Crippen molar-refractivity contribution in [3.63, 3.8) is 0 Å². The van der Waals surface area contributed by atoms with Crippen molar-refractivity contribution >= 4 is 11.7 Å². The van der Waals surface area contributed by atoms with Gasteiger partial charge in [-0.2, -0.15) is 5.10 Å². The van der Waals surface area contributed by atoms with Gasteiger partial charge in [0, 0.05) is 11.6 Å². The van der Waals surface area contributed by atoms with Gasteiger partial charge in [-0.25, -0.2) is 0 Å². The summed E-state index contributed by atoms with van der Waals surface area (Å²) in [6, 6.07) is 11.1. The van der Waals surface area contributed by atoms with Gasteiger partial charge in [-0.1, -0.05) is 35.5 Å². The van der Waals surface area contributed by atoms with Crippen LogP contribution in [0.5, 0.6) is 0 Å². The molecule has 3 aromatic rings. The fourth-order valence-electron chi connectivity index (χ4n) is 2.55. The number of carbonyl (C=O) groups excluding carboxylic acids is 1. The monoisotopic (exact) mass is 356 g/mol. The quantitative estimate of drug-likeness (QED) is 0.379. The first-order valence-electron chi connectivity index (χ1n) is 7.80. The molecule has 1 aromatic carbocycles. The molecule has 9 heteroatoms. The molecule has 0 fully saturated rings. The SMILES string of the molecule is Cc1nn(CC(=O)OCc2cc(-c3ccccc3)on2)c(C)c1[N+](=O)[O-]. The van der Waals surface area contributed by atoms with Crippen LogP contribution in [-0.2, 0) is 22.7 Å². The minimum atomic E-state index is -0.574. The number of nitro groups is 1. The van der Waals surface area contributed by atoms with Crippen molar-refractivity contribution in [2.45, 2.75) is 27.0 Å². The minimum absolute atomic E-state index is 0.0590. The highest BCUT2D eigenvalue weighted by atomic mass is 16.6. The summed E-state index contributed by atoms with van der Waals surface area (Å²) in [5, 5.41) is 18.9. The summed E-state index contributed by atoms with van der Waals surface area (Å²) in [7, 11) is 0. The first-order valence-corrected chi connectivity index (χ1v) is 7.80. The number of ether oxygens (including phenoxy) is 1. The topological polar surface area (TPSA) is 113 Å². The Morgan fingerprint density at radius 3 is 2.69 bits per heavy atom. The predicted octanol–water partition coefficient (Wildman–Crippen LogP) is 2.81. The van der Waals surface area contributed by atoms with E-state index in [1.165, 1.54) is 18.5 Å². The van der Waals surface area contributed by atoms with E-state index in [0.29, 0.717) is 17.1 Å². The number of aryl methyl sites for hydroxylation is 1. The normalized spacial score (nSPS) is 10.7. The largest absolute Gasteiger partial charge is 0.458 e. The van der Waals surface area contributed by atoms with Crippen molar-refractivity contribution in [2.24, 2.45) is 0 Å². The van der Waals surface area contributed by atoms with E-state index in [9.17, 15) is 14.9 Å². The van der Waals surface area contributed by atoms with Gasteiger partial charge in [0.05, 0.1) is 4.92 Å². The Bertz CT molecular complexity index is 945. The third-order valence-electron chi connectivity index (χ3n) is 3.80. The van der Waals surface area contributed by atoms with E-state index in [2.05, 4.69) is 10.3 Å². The van der Waals surface area contributed by atoms with Gasteiger partial charge in [-0.3, -0.25) is 19.6 Å². The van der Waals surface area contributed by atoms with E-state index in [-0.39, 0.29) is 24.5 Å². The molecule has 134 valence electrons. The van der Waals surface area contributed by atoms with Crippen molar-refractivity contribution in [1.29, 1.82) is 0 Å². The molecule has 0 aliphatic rings. The van der Waals surface area contributed by atoms with Gasteiger partial charge in [0.1, 0.15) is 30.2 Å². The Balaban J connectivity index is 1.61. The van der Waals surface area contributed by atoms with Gasteiger partial charge in [-0.15, -0.1) is 0 Å². The van der Waals surface area contributed by atoms with Crippen molar-refractivity contribution < 1.29 is 19.0 Å². The lowest BCUT2D eigenvalue weighted by atomic mass is 10.2. The van der Waals surface area contributed by atoms with Crippen LogP contribution >= 0.6 is 0 Å². The Kier molecular flexibility index (Phi) is 4.78. The first kappa shape index (κ1) is 17.3.